The zero-order valence-corrected chi connectivity index (χ0v) is 11.7. The summed E-state index contributed by atoms with van der Waals surface area (Å²) in [4.78, 5) is 0.218. The SMILES string of the molecule is Cc1ccc(N)c(NS(=O)(=O)c2ccccc2)c1C. The second-order valence-corrected chi connectivity index (χ2v) is 6.07. The van der Waals surface area contributed by atoms with Gasteiger partial charge >= 0.3 is 0 Å². The van der Waals surface area contributed by atoms with Gasteiger partial charge in [-0.15, -0.1) is 0 Å². The van der Waals surface area contributed by atoms with Crippen LogP contribution in [0.3, 0.4) is 0 Å². The van der Waals surface area contributed by atoms with E-state index in [9.17, 15) is 8.42 Å². The van der Waals surface area contributed by atoms with Gasteiger partial charge in [-0.3, -0.25) is 4.72 Å². The Balaban J connectivity index is 2.45. The number of rotatable bonds is 3. The molecule has 0 aromatic heterocycles. The maximum absolute atomic E-state index is 12.3. The molecule has 0 heterocycles. The van der Waals surface area contributed by atoms with Crippen molar-refractivity contribution < 1.29 is 8.42 Å². The molecule has 0 spiro atoms. The Morgan fingerprint density at radius 3 is 2.26 bits per heavy atom. The normalized spacial score (nSPS) is 11.3. The molecule has 0 radical (unpaired) electrons. The van der Waals surface area contributed by atoms with Crippen LogP contribution in [0, 0.1) is 13.8 Å². The molecular weight excluding hydrogens is 260 g/mol. The predicted octanol–water partition coefficient (Wildman–Crippen LogP) is 2.69. The van der Waals surface area contributed by atoms with E-state index in [1.54, 1.807) is 36.4 Å². The number of hydrogen-bond acceptors (Lipinski definition) is 3. The molecule has 0 saturated heterocycles. The molecule has 2 rings (SSSR count). The van der Waals surface area contributed by atoms with E-state index in [1.807, 2.05) is 19.9 Å². The van der Waals surface area contributed by atoms with Gasteiger partial charge in [0.15, 0.2) is 0 Å². The highest BCUT2D eigenvalue weighted by molar-refractivity contribution is 7.92. The molecule has 2 aromatic rings. The predicted molar refractivity (Wildman–Crippen MR) is 77.6 cm³/mol. The van der Waals surface area contributed by atoms with E-state index in [1.165, 1.54) is 0 Å². The molecule has 0 aliphatic carbocycles. The quantitative estimate of drug-likeness (QED) is 0.847. The van der Waals surface area contributed by atoms with Gasteiger partial charge in [0.25, 0.3) is 10.0 Å². The van der Waals surface area contributed by atoms with Crippen molar-refractivity contribution in [1.82, 2.24) is 0 Å². The largest absolute Gasteiger partial charge is 0.397 e. The Labute approximate surface area is 113 Å². The van der Waals surface area contributed by atoms with Crippen molar-refractivity contribution in [2.45, 2.75) is 18.7 Å². The molecule has 0 saturated carbocycles. The van der Waals surface area contributed by atoms with Crippen LogP contribution in [0.2, 0.25) is 0 Å². The van der Waals surface area contributed by atoms with Crippen molar-refractivity contribution in [1.29, 1.82) is 0 Å². The minimum atomic E-state index is -3.61. The second-order valence-electron chi connectivity index (χ2n) is 4.39. The zero-order valence-electron chi connectivity index (χ0n) is 10.8. The lowest BCUT2D eigenvalue weighted by molar-refractivity contribution is 0.601. The zero-order chi connectivity index (χ0) is 14.0. The van der Waals surface area contributed by atoms with Crippen LogP contribution in [-0.4, -0.2) is 8.42 Å². The summed E-state index contributed by atoms with van der Waals surface area (Å²) >= 11 is 0. The fourth-order valence-corrected chi connectivity index (χ4v) is 2.94. The van der Waals surface area contributed by atoms with E-state index in [-0.39, 0.29) is 4.90 Å². The summed E-state index contributed by atoms with van der Waals surface area (Å²) < 4.78 is 27.1. The molecule has 0 atom stereocenters. The smallest absolute Gasteiger partial charge is 0.261 e. The minimum absolute atomic E-state index is 0.218. The number of benzene rings is 2. The highest BCUT2D eigenvalue weighted by Crippen LogP contribution is 2.28. The number of nitrogens with two attached hydrogens (primary N) is 1. The number of hydrogen-bond donors (Lipinski definition) is 2. The Kier molecular flexibility index (Phi) is 3.48. The van der Waals surface area contributed by atoms with E-state index in [2.05, 4.69) is 4.72 Å². The first-order valence-corrected chi connectivity index (χ1v) is 7.33. The first-order chi connectivity index (χ1) is 8.92. The van der Waals surface area contributed by atoms with Gasteiger partial charge in [0.05, 0.1) is 16.3 Å². The summed E-state index contributed by atoms with van der Waals surface area (Å²) in [6.45, 7) is 3.75. The molecule has 0 aliphatic heterocycles. The highest BCUT2D eigenvalue weighted by Gasteiger charge is 2.16. The third kappa shape index (κ3) is 2.71. The molecule has 0 fully saturated rings. The molecule has 5 heteroatoms. The van der Waals surface area contributed by atoms with Crippen molar-refractivity contribution in [3.05, 3.63) is 53.6 Å². The molecule has 2 aromatic carbocycles. The van der Waals surface area contributed by atoms with Crippen molar-refractivity contribution in [2.75, 3.05) is 10.5 Å². The monoisotopic (exact) mass is 276 g/mol. The Morgan fingerprint density at radius 1 is 1.00 bits per heavy atom. The van der Waals surface area contributed by atoms with Gasteiger partial charge in [0.1, 0.15) is 0 Å². The van der Waals surface area contributed by atoms with Gasteiger partial charge in [-0.2, -0.15) is 0 Å². The lowest BCUT2D eigenvalue weighted by atomic mass is 10.1. The average Bonchev–Trinajstić information content (AvgIpc) is 2.40. The van der Waals surface area contributed by atoms with Gasteiger partial charge < -0.3 is 5.73 Å². The van der Waals surface area contributed by atoms with Crippen molar-refractivity contribution in [2.24, 2.45) is 0 Å². The standard InChI is InChI=1S/C14H16N2O2S/c1-10-8-9-13(15)14(11(10)2)16-19(17,18)12-6-4-3-5-7-12/h3-9,16H,15H2,1-2H3. The third-order valence-electron chi connectivity index (χ3n) is 3.06. The summed E-state index contributed by atoms with van der Waals surface area (Å²) in [5.74, 6) is 0. The maximum Gasteiger partial charge on any atom is 0.261 e. The molecule has 100 valence electrons. The molecule has 0 amide bonds. The van der Waals surface area contributed by atoms with Crippen LogP contribution < -0.4 is 10.5 Å². The van der Waals surface area contributed by atoms with Gasteiger partial charge in [-0.25, -0.2) is 8.42 Å². The van der Waals surface area contributed by atoms with Crippen LogP contribution in [0.1, 0.15) is 11.1 Å². The number of sulfonamides is 1. The fourth-order valence-electron chi connectivity index (χ4n) is 1.77. The van der Waals surface area contributed by atoms with E-state index in [0.29, 0.717) is 11.4 Å². The first kappa shape index (κ1) is 13.4. The summed E-state index contributed by atoms with van der Waals surface area (Å²) in [6.07, 6.45) is 0. The molecule has 0 aliphatic rings. The molecule has 0 bridgehead atoms. The molecule has 4 nitrogen and oxygen atoms in total. The summed E-state index contributed by atoms with van der Waals surface area (Å²) in [5, 5.41) is 0. The molecule has 0 unspecified atom stereocenters. The van der Waals surface area contributed by atoms with Crippen LogP contribution in [0.25, 0.3) is 0 Å². The maximum atomic E-state index is 12.3. The number of nitrogens with one attached hydrogen (secondary N) is 1. The Bertz CT molecular complexity index is 695. The highest BCUT2D eigenvalue weighted by atomic mass is 32.2. The number of nitrogen functional groups attached to an aromatic ring is 1. The lowest BCUT2D eigenvalue weighted by Crippen LogP contribution is -2.15. The minimum Gasteiger partial charge on any atom is -0.397 e. The van der Waals surface area contributed by atoms with E-state index >= 15 is 0 Å². The van der Waals surface area contributed by atoms with E-state index in [0.717, 1.165) is 11.1 Å². The van der Waals surface area contributed by atoms with Gasteiger partial charge in [0.2, 0.25) is 0 Å². The van der Waals surface area contributed by atoms with Crippen molar-refractivity contribution >= 4 is 21.4 Å². The van der Waals surface area contributed by atoms with Crippen molar-refractivity contribution in [3.63, 3.8) is 0 Å². The second kappa shape index (κ2) is 4.93. The third-order valence-corrected chi connectivity index (χ3v) is 4.42. The summed E-state index contributed by atoms with van der Waals surface area (Å²) in [7, 11) is -3.61. The van der Waals surface area contributed by atoms with E-state index in [4.69, 9.17) is 5.73 Å². The van der Waals surface area contributed by atoms with Gasteiger partial charge in [0, 0.05) is 0 Å². The number of aryl methyl sites for hydroxylation is 1. The van der Waals surface area contributed by atoms with Crippen LogP contribution >= 0.6 is 0 Å². The molecular formula is C14H16N2O2S. The lowest BCUT2D eigenvalue weighted by Gasteiger charge is -2.14. The van der Waals surface area contributed by atoms with Gasteiger partial charge in [-0.1, -0.05) is 24.3 Å². The van der Waals surface area contributed by atoms with Crippen LogP contribution in [0.5, 0.6) is 0 Å². The van der Waals surface area contributed by atoms with Crippen LogP contribution in [-0.2, 0) is 10.0 Å². The average molecular weight is 276 g/mol. The van der Waals surface area contributed by atoms with Crippen molar-refractivity contribution in [3.8, 4) is 0 Å². The number of anilines is 2. The Hall–Kier alpha value is -2.01. The molecule has 3 N–H and O–H groups in total. The van der Waals surface area contributed by atoms with E-state index < -0.39 is 10.0 Å². The summed E-state index contributed by atoms with van der Waals surface area (Å²) in [6, 6.07) is 11.8. The topological polar surface area (TPSA) is 72.2 Å². The summed E-state index contributed by atoms with van der Waals surface area (Å²) in [5.41, 5.74) is 8.53. The van der Waals surface area contributed by atoms with Gasteiger partial charge in [-0.05, 0) is 43.2 Å². The molecule has 19 heavy (non-hydrogen) atoms. The fraction of sp³-hybridized carbons (Fsp3) is 0.143. The van der Waals surface area contributed by atoms with Crippen LogP contribution in [0.4, 0.5) is 11.4 Å². The first-order valence-electron chi connectivity index (χ1n) is 5.85. The van der Waals surface area contributed by atoms with Crippen LogP contribution in [0.15, 0.2) is 47.4 Å². The Morgan fingerprint density at radius 2 is 1.63 bits per heavy atom.